The summed E-state index contributed by atoms with van der Waals surface area (Å²) in [4.78, 5) is 0. The largest absolute Gasteiger partial charge is 0.313 e. The number of hydrogen-bond acceptors (Lipinski definition) is 2. The van der Waals surface area contributed by atoms with Gasteiger partial charge in [0.25, 0.3) is 0 Å². The molecule has 0 aromatic rings. The number of nitrogens with one attached hydrogen (secondary N) is 1. The highest BCUT2D eigenvalue weighted by atomic mass is 32.2. The monoisotopic (exact) mass is 217 g/mol. The lowest BCUT2D eigenvalue weighted by Crippen LogP contribution is -2.38. The molecule has 3 heteroatoms. The van der Waals surface area contributed by atoms with E-state index in [4.69, 9.17) is 0 Å². The van der Waals surface area contributed by atoms with E-state index >= 15 is 0 Å². The summed E-state index contributed by atoms with van der Waals surface area (Å²) in [6.45, 7) is 5.58. The third-order valence-electron chi connectivity index (χ3n) is 3.00. The molecule has 0 spiro atoms. The Morgan fingerprint density at radius 1 is 1.21 bits per heavy atom. The maximum Gasteiger partial charge on any atom is 0.0357 e. The minimum absolute atomic E-state index is 0.650. The lowest BCUT2D eigenvalue weighted by atomic mass is 9.80. The van der Waals surface area contributed by atoms with E-state index in [1.165, 1.54) is 19.3 Å². The van der Waals surface area contributed by atoms with Crippen molar-refractivity contribution in [1.29, 1.82) is 0 Å². The Kier molecular flexibility index (Phi) is 5.10. The van der Waals surface area contributed by atoms with Crippen molar-refractivity contribution in [2.75, 3.05) is 18.6 Å². The molecule has 0 aromatic carbocycles. The SMILES string of the molecule is CC1CC(C)CC(NCCS(C)=O)C1. The predicted molar refractivity (Wildman–Crippen MR) is 62.9 cm³/mol. The van der Waals surface area contributed by atoms with Crippen molar-refractivity contribution in [3.05, 3.63) is 0 Å². The van der Waals surface area contributed by atoms with Crippen molar-refractivity contribution in [1.82, 2.24) is 5.32 Å². The molecule has 1 saturated carbocycles. The summed E-state index contributed by atoms with van der Waals surface area (Å²) in [6, 6.07) is 0.664. The molecule has 1 fully saturated rings. The molecule has 0 bridgehead atoms. The first-order valence-corrected chi connectivity index (χ1v) is 7.34. The highest BCUT2D eigenvalue weighted by Crippen LogP contribution is 2.28. The van der Waals surface area contributed by atoms with Crippen LogP contribution >= 0.6 is 0 Å². The fourth-order valence-corrected chi connectivity index (χ4v) is 2.93. The van der Waals surface area contributed by atoms with Crippen LogP contribution in [-0.4, -0.2) is 28.8 Å². The normalized spacial score (nSPS) is 35.5. The van der Waals surface area contributed by atoms with Gasteiger partial charge in [0.15, 0.2) is 0 Å². The summed E-state index contributed by atoms with van der Waals surface area (Å²) < 4.78 is 10.9. The first-order chi connectivity index (χ1) is 6.58. The molecule has 3 unspecified atom stereocenters. The Morgan fingerprint density at radius 3 is 2.29 bits per heavy atom. The average Bonchev–Trinajstić information content (AvgIpc) is 2.01. The fourth-order valence-electron chi connectivity index (χ4n) is 2.52. The molecule has 1 rings (SSSR count). The molecule has 3 atom stereocenters. The Balaban J connectivity index is 2.20. The molecule has 14 heavy (non-hydrogen) atoms. The zero-order valence-electron chi connectivity index (χ0n) is 9.58. The Hall–Kier alpha value is 0.110. The van der Waals surface area contributed by atoms with E-state index in [0.717, 1.165) is 24.1 Å². The second-order valence-electron chi connectivity index (χ2n) is 4.85. The molecule has 0 radical (unpaired) electrons. The third kappa shape index (κ3) is 4.56. The topological polar surface area (TPSA) is 29.1 Å². The van der Waals surface area contributed by atoms with Crippen LogP contribution in [0.1, 0.15) is 33.1 Å². The van der Waals surface area contributed by atoms with Crippen molar-refractivity contribution in [3.8, 4) is 0 Å². The molecule has 1 N–H and O–H groups in total. The standard InChI is InChI=1S/C11H23NOS/c1-9-6-10(2)8-11(7-9)12-4-5-14(3)13/h9-12H,4-8H2,1-3H3. The Labute approximate surface area is 90.3 Å². The van der Waals surface area contributed by atoms with Crippen molar-refractivity contribution in [3.63, 3.8) is 0 Å². The number of rotatable bonds is 4. The van der Waals surface area contributed by atoms with Gasteiger partial charge < -0.3 is 5.32 Å². The van der Waals surface area contributed by atoms with E-state index in [-0.39, 0.29) is 0 Å². The van der Waals surface area contributed by atoms with Crippen LogP contribution < -0.4 is 5.32 Å². The van der Waals surface area contributed by atoms with Gasteiger partial charge in [0, 0.05) is 35.4 Å². The molecular formula is C11H23NOS. The second-order valence-corrected chi connectivity index (χ2v) is 6.40. The van der Waals surface area contributed by atoms with Crippen LogP contribution in [-0.2, 0) is 10.8 Å². The van der Waals surface area contributed by atoms with E-state index in [1.54, 1.807) is 6.26 Å². The van der Waals surface area contributed by atoms with Gasteiger partial charge in [0.2, 0.25) is 0 Å². The lowest BCUT2D eigenvalue weighted by molar-refractivity contribution is 0.242. The molecule has 0 heterocycles. The summed E-state index contributed by atoms with van der Waals surface area (Å²) in [7, 11) is -0.650. The molecule has 1 aliphatic rings. The fraction of sp³-hybridized carbons (Fsp3) is 1.00. The first-order valence-electron chi connectivity index (χ1n) is 5.61. The highest BCUT2D eigenvalue weighted by molar-refractivity contribution is 7.84. The van der Waals surface area contributed by atoms with Gasteiger partial charge in [-0.3, -0.25) is 4.21 Å². The van der Waals surface area contributed by atoms with Crippen molar-refractivity contribution < 1.29 is 4.21 Å². The minimum atomic E-state index is -0.650. The van der Waals surface area contributed by atoms with Gasteiger partial charge in [-0.25, -0.2) is 0 Å². The highest BCUT2D eigenvalue weighted by Gasteiger charge is 2.23. The van der Waals surface area contributed by atoms with Gasteiger partial charge in [0.1, 0.15) is 0 Å². The maximum absolute atomic E-state index is 10.9. The second kappa shape index (κ2) is 5.86. The van der Waals surface area contributed by atoms with Gasteiger partial charge in [-0.1, -0.05) is 13.8 Å². The van der Waals surface area contributed by atoms with Crippen molar-refractivity contribution >= 4 is 10.8 Å². The summed E-state index contributed by atoms with van der Waals surface area (Å²) in [5, 5.41) is 3.52. The van der Waals surface area contributed by atoms with Crippen LogP contribution in [0.5, 0.6) is 0 Å². The smallest absolute Gasteiger partial charge is 0.0357 e. The minimum Gasteiger partial charge on any atom is -0.313 e. The zero-order valence-corrected chi connectivity index (χ0v) is 10.4. The molecule has 2 nitrogen and oxygen atoms in total. The van der Waals surface area contributed by atoms with Crippen LogP contribution in [0.15, 0.2) is 0 Å². The molecule has 0 saturated heterocycles. The predicted octanol–water partition coefficient (Wildman–Crippen LogP) is 1.78. The van der Waals surface area contributed by atoms with E-state index in [2.05, 4.69) is 19.2 Å². The first kappa shape index (κ1) is 12.2. The van der Waals surface area contributed by atoms with Gasteiger partial charge in [-0.15, -0.1) is 0 Å². The lowest BCUT2D eigenvalue weighted by Gasteiger charge is -2.32. The van der Waals surface area contributed by atoms with Crippen LogP contribution in [0, 0.1) is 11.8 Å². The maximum atomic E-state index is 10.9. The molecule has 0 amide bonds. The van der Waals surface area contributed by atoms with Crippen LogP contribution in [0.3, 0.4) is 0 Å². The Morgan fingerprint density at radius 2 is 1.79 bits per heavy atom. The van der Waals surface area contributed by atoms with Gasteiger partial charge >= 0.3 is 0 Å². The van der Waals surface area contributed by atoms with Crippen LogP contribution in [0.25, 0.3) is 0 Å². The van der Waals surface area contributed by atoms with Crippen LogP contribution in [0.2, 0.25) is 0 Å². The molecule has 1 aliphatic carbocycles. The van der Waals surface area contributed by atoms with Crippen molar-refractivity contribution in [2.45, 2.75) is 39.2 Å². The van der Waals surface area contributed by atoms with Gasteiger partial charge in [-0.05, 0) is 31.1 Å². The summed E-state index contributed by atoms with van der Waals surface area (Å²) in [5.41, 5.74) is 0. The van der Waals surface area contributed by atoms with Gasteiger partial charge in [0.05, 0.1) is 0 Å². The van der Waals surface area contributed by atoms with E-state index < -0.39 is 10.8 Å². The van der Waals surface area contributed by atoms with E-state index in [0.29, 0.717) is 6.04 Å². The van der Waals surface area contributed by atoms with Gasteiger partial charge in [-0.2, -0.15) is 0 Å². The molecule has 0 aromatic heterocycles. The average molecular weight is 217 g/mol. The van der Waals surface area contributed by atoms with E-state index in [9.17, 15) is 4.21 Å². The quantitative estimate of drug-likeness (QED) is 0.778. The van der Waals surface area contributed by atoms with E-state index in [1.807, 2.05) is 0 Å². The molecule has 0 aliphatic heterocycles. The summed E-state index contributed by atoms with van der Waals surface area (Å²) >= 11 is 0. The number of hydrogen-bond donors (Lipinski definition) is 1. The molecule has 84 valence electrons. The zero-order chi connectivity index (χ0) is 10.6. The van der Waals surface area contributed by atoms with Crippen LogP contribution in [0.4, 0.5) is 0 Å². The third-order valence-corrected chi connectivity index (χ3v) is 3.78. The van der Waals surface area contributed by atoms with Crippen molar-refractivity contribution in [2.24, 2.45) is 11.8 Å². The molecular weight excluding hydrogens is 194 g/mol. The Bertz CT molecular complexity index is 186. The summed E-state index contributed by atoms with van der Waals surface area (Å²) in [6.07, 6.45) is 5.73. The summed E-state index contributed by atoms with van der Waals surface area (Å²) in [5.74, 6) is 2.49.